The van der Waals surface area contributed by atoms with E-state index in [0.717, 1.165) is 11.1 Å². The first-order valence-corrected chi connectivity index (χ1v) is 9.69. The molecule has 0 spiro atoms. The van der Waals surface area contributed by atoms with E-state index in [1.807, 2.05) is 65.3 Å². The predicted octanol–water partition coefficient (Wildman–Crippen LogP) is 5.75. The highest BCUT2D eigenvalue weighted by atomic mass is 35.5. The quantitative estimate of drug-likeness (QED) is 0.536. The predicted molar refractivity (Wildman–Crippen MR) is 108 cm³/mol. The van der Waals surface area contributed by atoms with Crippen LogP contribution in [0.25, 0.3) is 0 Å². The van der Waals surface area contributed by atoms with Gasteiger partial charge in [-0.2, -0.15) is 5.06 Å². The standard InChI is InChI=1S/C20H18Cl3N3O/c1-25-20(12-26-10-9-24-13-26,14-5-7-15(21)8-6-14)11-18(27-25)19-16(22)3-2-4-17(19)23/h2-10,13,18H,11-12H2,1H3/t18-,20-/m1/s1. The van der Waals surface area contributed by atoms with E-state index in [9.17, 15) is 0 Å². The molecule has 1 fully saturated rings. The highest BCUT2D eigenvalue weighted by Crippen LogP contribution is 2.49. The van der Waals surface area contributed by atoms with Crippen molar-refractivity contribution in [3.8, 4) is 0 Å². The van der Waals surface area contributed by atoms with Gasteiger partial charge in [0.1, 0.15) is 6.10 Å². The Hall–Kier alpha value is -1.56. The van der Waals surface area contributed by atoms with Gasteiger partial charge in [-0.3, -0.25) is 4.84 Å². The third-order valence-corrected chi connectivity index (χ3v) is 6.03. The van der Waals surface area contributed by atoms with Crippen LogP contribution in [0, 0.1) is 0 Å². The second-order valence-corrected chi connectivity index (χ2v) is 7.96. The van der Waals surface area contributed by atoms with Crippen LogP contribution in [0.4, 0.5) is 0 Å². The Morgan fingerprint density at radius 2 is 1.81 bits per heavy atom. The van der Waals surface area contributed by atoms with E-state index < -0.39 is 5.54 Å². The van der Waals surface area contributed by atoms with Gasteiger partial charge >= 0.3 is 0 Å². The van der Waals surface area contributed by atoms with Crippen LogP contribution in [0.5, 0.6) is 0 Å². The Balaban J connectivity index is 1.78. The number of benzene rings is 2. The van der Waals surface area contributed by atoms with Crippen LogP contribution in [0.15, 0.2) is 61.2 Å². The van der Waals surface area contributed by atoms with Gasteiger partial charge in [-0.1, -0.05) is 53.0 Å². The largest absolute Gasteiger partial charge is 0.335 e. The van der Waals surface area contributed by atoms with Gasteiger partial charge in [0.2, 0.25) is 0 Å². The van der Waals surface area contributed by atoms with Crippen molar-refractivity contribution in [2.24, 2.45) is 0 Å². The molecule has 0 amide bonds. The Kier molecular flexibility index (Phi) is 5.19. The molecule has 1 aliphatic rings. The van der Waals surface area contributed by atoms with Crippen LogP contribution in [0.2, 0.25) is 15.1 Å². The number of imidazole rings is 1. The second-order valence-electron chi connectivity index (χ2n) is 6.70. The number of rotatable bonds is 4. The summed E-state index contributed by atoms with van der Waals surface area (Å²) in [6.45, 7) is 0.670. The van der Waals surface area contributed by atoms with Gasteiger partial charge in [0.05, 0.1) is 11.9 Å². The van der Waals surface area contributed by atoms with Gasteiger partial charge in [-0.05, 0) is 29.8 Å². The van der Waals surface area contributed by atoms with E-state index in [1.54, 1.807) is 12.5 Å². The zero-order chi connectivity index (χ0) is 19.0. The Bertz CT molecular complexity index is 910. The summed E-state index contributed by atoms with van der Waals surface area (Å²) in [5.41, 5.74) is 1.50. The zero-order valence-corrected chi connectivity index (χ0v) is 16.9. The van der Waals surface area contributed by atoms with E-state index in [0.29, 0.717) is 28.0 Å². The number of hydrogen-bond acceptors (Lipinski definition) is 3. The average Bonchev–Trinajstić information content (AvgIpc) is 3.25. The van der Waals surface area contributed by atoms with E-state index in [2.05, 4.69) is 4.98 Å². The molecule has 27 heavy (non-hydrogen) atoms. The number of hydrogen-bond donors (Lipinski definition) is 0. The minimum atomic E-state index is -0.418. The normalized spacial score (nSPS) is 23.0. The van der Waals surface area contributed by atoms with Gasteiger partial charge in [-0.25, -0.2) is 4.98 Å². The lowest BCUT2D eigenvalue weighted by atomic mass is 9.83. The van der Waals surface area contributed by atoms with E-state index in [4.69, 9.17) is 39.6 Å². The molecule has 0 radical (unpaired) electrons. The fourth-order valence-corrected chi connectivity index (χ4v) is 4.50. The van der Waals surface area contributed by atoms with Gasteiger partial charge < -0.3 is 4.57 Å². The molecule has 1 aliphatic heterocycles. The molecule has 2 atom stereocenters. The summed E-state index contributed by atoms with van der Waals surface area (Å²) < 4.78 is 2.05. The summed E-state index contributed by atoms with van der Waals surface area (Å²) in [6.07, 6.45) is 5.96. The lowest BCUT2D eigenvalue weighted by Gasteiger charge is -2.34. The van der Waals surface area contributed by atoms with Gasteiger partial charge in [0.15, 0.2) is 0 Å². The highest BCUT2D eigenvalue weighted by molar-refractivity contribution is 6.36. The first-order valence-electron chi connectivity index (χ1n) is 8.56. The zero-order valence-electron chi connectivity index (χ0n) is 14.6. The van der Waals surface area contributed by atoms with Crippen molar-refractivity contribution in [3.63, 3.8) is 0 Å². The number of nitrogens with zero attached hydrogens (tertiary/aromatic N) is 3. The Labute approximate surface area is 173 Å². The van der Waals surface area contributed by atoms with Crippen LogP contribution in [-0.2, 0) is 16.9 Å². The molecule has 3 aromatic rings. The van der Waals surface area contributed by atoms with Crippen molar-refractivity contribution in [2.75, 3.05) is 7.05 Å². The van der Waals surface area contributed by atoms with Crippen molar-refractivity contribution in [1.82, 2.24) is 14.6 Å². The van der Waals surface area contributed by atoms with Crippen LogP contribution >= 0.6 is 34.8 Å². The summed E-state index contributed by atoms with van der Waals surface area (Å²) in [5, 5.41) is 3.82. The topological polar surface area (TPSA) is 30.3 Å². The lowest BCUT2D eigenvalue weighted by Crippen LogP contribution is -2.41. The van der Waals surface area contributed by atoms with E-state index in [-0.39, 0.29) is 6.10 Å². The molecule has 0 saturated carbocycles. The fraction of sp³-hybridized carbons (Fsp3) is 0.250. The number of likely N-dealkylation sites (N-methyl/N-ethyl adjacent to an activating group) is 1. The fourth-order valence-electron chi connectivity index (χ4n) is 3.73. The molecular formula is C20H18Cl3N3O. The molecule has 0 unspecified atom stereocenters. The molecule has 2 aromatic carbocycles. The number of halogens is 3. The summed E-state index contributed by atoms with van der Waals surface area (Å²) >= 11 is 19.0. The van der Waals surface area contributed by atoms with Crippen molar-refractivity contribution < 1.29 is 4.84 Å². The summed E-state index contributed by atoms with van der Waals surface area (Å²) in [5.74, 6) is 0. The third-order valence-electron chi connectivity index (χ3n) is 5.12. The smallest absolute Gasteiger partial charge is 0.109 e. The molecule has 4 nitrogen and oxygen atoms in total. The van der Waals surface area contributed by atoms with Gasteiger partial charge in [-0.15, -0.1) is 0 Å². The first kappa shape index (κ1) is 18.8. The summed E-state index contributed by atoms with van der Waals surface area (Å²) in [6, 6.07) is 13.4. The summed E-state index contributed by atoms with van der Waals surface area (Å²) in [4.78, 5) is 10.4. The molecule has 0 bridgehead atoms. The third kappa shape index (κ3) is 3.48. The number of aromatic nitrogens is 2. The van der Waals surface area contributed by atoms with E-state index >= 15 is 0 Å². The van der Waals surface area contributed by atoms with Gasteiger partial charge in [0, 0.05) is 53.0 Å². The lowest BCUT2D eigenvalue weighted by molar-refractivity contribution is -0.176. The minimum Gasteiger partial charge on any atom is -0.335 e. The van der Waals surface area contributed by atoms with Crippen LogP contribution in [0.1, 0.15) is 23.7 Å². The SMILES string of the molecule is CN1O[C@@H](c2c(Cl)cccc2Cl)C[C@@]1(Cn1ccnc1)c1ccc(Cl)cc1. The highest BCUT2D eigenvalue weighted by Gasteiger charge is 2.48. The molecular weight excluding hydrogens is 405 g/mol. The Morgan fingerprint density at radius 1 is 1.11 bits per heavy atom. The molecule has 1 aromatic heterocycles. The maximum absolute atomic E-state index is 6.44. The average molecular weight is 423 g/mol. The van der Waals surface area contributed by atoms with Gasteiger partial charge in [0.25, 0.3) is 0 Å². The maximum atomic E-state index is 6.44. The number of hydroxylamine groups is 2. The first-order chi connectivity index (χ1) is 13.0. The van der Waals surface area contributed by atoms with Crippen molar-refractivity contribution in [3.05, 3.63) is 87.4 Å². The molecule has 7 heteroatoms. The second kappa shape index (κ2) is 7.46. The Morgan fingerprint density at radius 3 is 2.44 bits per heavy atom. The molecule has 2 heterocycles. The van der Waals surface area contributed by atoms with E-state index in [1.165, 1.54) is 0 Å². The molecule has 1 saturated heterocycles. The van der Waals surface area contributed by atoms with Crippen LogP contribution in [0.3, 0.4) is 0 Å². The van der Waals surface area contributed by atoms with Crippen molar-refractivity contribution in [2.45, 2.75) is 24.6 Å². The van der Waals surface area contributed by atoms with Crippen molar-refractivity contribution >= 4 is 34.8 Å². The monoisotopic (exact) mass is 421 g/mol. The van der Waals surface area contributed by atoms with Crippen molar-refractivity contribution in [1.29, 1.82) is 0 Å². The minimum absolute atomic E-state index is 0.254. The molecule has 140 valence electrons. The maximum Gasteiger partial charge on any atom is 0.109 e. The molecule has 0 N–H and O–H groups in total. The molecule has 4 rings (SSSR count). The van der Waals surface area contributed by atoms with Crippen LogP contribution in [-0.4, -0.2) is 21.7 Å². The van der Waals surface area contributed by atoms with Crippen LogP contribution < -0.4 is 0 Å². The summed E-state index contributed by atoms with van der Waals surface area (Å²) in [7, 11) is 1.94. The molecule has 0 aliphatic carbocycles.